The Morgan fingerprint density at radius 3 is 2.61 bits per heavy atom. The number of rotatable bonds is 8. The predicted molar refractivity (Wildman–Crippen MR) is 108 cm³/mol. The van der Waals surface area contributed by atoms with Crippen LogP contribution in [-0.2, 0) is 11.2 Å². The van der Waals surface area contributed by atoms with Crippen molar-refractivity contribution in [3.8, 4) is 17.2 Å². The minimum absolute atomic E-state index is 0.525. The number of hydrogen-bond acceptors (Lipinski definition) is 4. The van der Waals surface area contributed by atoms with Gasteiger partial charge in [-0.25, -0.2) is 4.98 Å². The molecule has 5 heteroatoms. The SMILES string of the molecule is Cc1cc(OCCCc2nc(-c3ccccc3)oc2C)ccc1C(C)C(=O)O. The number of carbonyl (C=O) groups is 1. The summed E-state index contributed by atoms with van der Waals surface area (Å²) in [5, 5.41) is 9.16. The molecule has 0 radical (unpaired) electrons. The third kappa shape index (κ3) is 4.60. The van der Waals surface area contributed by atoms with Crippen LogP contribution in [0.1, 0.15) is 41.8 Å². The summed E-state index contributed by atoms with van der Waals surface area (Å²) in [6.07, 6.45) is 1.59. The van der Waals surface area contributed by atoms with Crippen LogP contribution in [0.3, 0.4) is 0 Å². The zero-order chi connectivity index (χ0) is 20.1. The summed E-state index contributed by atoms with van der Waals surface area (Å²) < 4.78 is 11.6. The van der Waals surface area contributed by atoms with E-state index in [-0.39, 0.29) is 0 Å². The maximum Gasteiger partial charge on any atom is 0.310 e. The molecule has 0 fully saturated rings. The molecule has 28 heavy (non-hydrogen) atoms. The fraction of sp³-hybridized carbons (Fsp3) is 0.304. The first-order valence-electron chi connectivity index (χ1n) is 9.43. The smallest absolute Gasteiger partial charge is 0.310 e. The largest absolute Gasteiger partial charge is 0.494 e. The number of carboxylic acid groups (broad SMARTS) is 1. The molecule has 1 aromatic heterocycles. The molecule has 0 bridgehead atoms. The van der Waals surface area contributed by atoms with Crippen LogP contribution < -0.4 is 4.74 Å². The van der Waals surface area contributed by atoms with Crippen molar-refractivity contribution in [3.63, 3.8) is 0 Å². The van der Waals surface area contributed by atoms with Crippen LogP contribution in [0, 0.1) is 13.8 Å². The van der Waals surface area contributed by atoms with Crippen molar-refractivity contribution in [2.45, 2.75) is 39.5 Å². The van der Waals surface area contributed by atoms with Crippen molar-refractivity contribution in [2.75, 3.05) is 6.61 Å². The minimum Gasteiger partial charge on any atom is -0.494 e. The lowest BCUT2D eigenvalue weighted by atomic mass is 9.96. The van der Waals surface area contributed by atoms with E-state index in [1.165, 1.54) is 0 Å². The van der Waals surface area contributed by atoms with E-state index in [1.54, 1.807) is 6.92 Å². The van der Waals surface area contributed by atoms with E-state index in [0.717, 1.165) is 46.7 Å². The van der Waals surface area contributed by atoms with Gasteiger partial charge in [-0.1, -0.05) is 24.3 Å². The number of oxazole rings is 1. The van der Waals surface area contributed by atoms with Gasteiger partial charge < -0.3 is 14.3 Å². The summed E-state index contributed by atoms with van der Waals surface area (Å²) in [5.74, 6) is 0.882. The van der Waals surface area contributed by atoms with Crippen molar-refractivity contribution in [2.24, 2.45) is 0 Å². The molecule has 0 saturated carbocycles. The van der Waals surface area contributed by atoms with Gasteiger partial charge in [0.05, 0.1) is 18.2 Å². The second kappa shape index (κ2) is 8.74. The first-order chi connectivity index (χ1) is 13.5. The maximum atomic E-state index is 11.2. The fourth-order valence-corrected chi connectivity index (χ4v) is 3.15. The maximum absolute atomic E-state index is 11.2. The van der Waals surface area contributed by atoms with E-state index in [1.807, 2.05) is 62.4 Å². The van der Waals surface area contributed by atoms with Crippen LogP contribution in [0.5, 0.6) is 5.75 Å². The number of carboxylic acids is 1. The van der Waals surface area contributed by atoms with Crippen molar-refractivity contribution in [1.29, 1.82) is 0 Å². The minimum atomic E-state index is -0.824. The van der Waals surface area contributed by atoms with Crippen LogP contribution in [-0.4, -0.2) is 22.7 Å². The van der Waals surface area contributed by atoms with Crippen LogP contribution in [0.25, 0.3) is 11.5 Å². The van der Waals surface area contributed by atoms with E-state index < -0.39 is 11.9 Å². The van der Waals surface area contributed by atoms with E-state index in [9.17, 15) is 4.79 Å². The number of hydrogen-bond donors (Lipinski definition) is 1. The van der Waals surface area contributed by atoms with Crippen molar-refractivity contribution < 1.29 is 19.1 Å². The highest BCUT2D eigenvalue weighted by molar-refractivity contribution is 5.76. The third-order valence-electron chi connectivity index (χ3n) is 4.82. The molecule has 0 aliphatic carbocycles. The number of ether oxygens (including phenoxy) is 1. The summed E-state index contributed by atoms with van der Waals surface area (Å²) in [7, 11) is 0. The van der Waals surface area contributed by atoms with Gasteiger partial charge in [0.25, 0.3) is 0 Å². The Balaban J connectivity index is 1.54. The van der Waals surface area contributed by atoms with Crippen molar-refractivity contribution in [3.05, 3.63) is 71.1 Å². The second-order valence-electron chi connectivity index (χ2n) is 6.92. The molecule has 5 nitrogen and oxygen atoms in total. The fourth-order valence-electron chi connectivity index (χ4n) is 3.15. The van der Waals surface area contributed by atoms with Crippen LogP contribution in [0.2, 0.25) is 0 Å². The highest BCUT2D eigenvalue weighted by Gasteiger charge is 2.16. The lowest BCUT2D eigenvalue weighted by Gasteiger charge is -2.12. The number of nitrogens with zero attached hydrogens (tertiary/aromatic N) is 1. The summed E-state index contributed by atoms with van der Waals surface area (Å²) in [6, 6.07) is 15.4. The number of aliphatic carboxylic acids is 1. The molecule has 0 spiro atoms. The van der Waals surface area contributed by atoms with Gasteiger partial charge in [0.15, 0.2) is 0 Å². The Hall–Kier alpha value is -3.08. The first kappa shape index (κ1) is 19.7. The van der Waals surface area contributed by atoms with Gasteiger partial charge in [-0.3, -0.25) is 4.79 Å². The average Bonchev–Trinajstić information content (AvgIpc) is 3.06. The number of aryl methyl sites for hydroxylation is 3. The molecule has 0 aliphatic heterocycles. The molecule has 1 atom stereocenters. The summed E-state index contributed by atoms with van der Waals surface area (Å²) in [6.45, 7) is 6.09. The van der Waals surface area contributed by atoms with Gasteiger partial charge in [0.2, 0.25) is 5.89 Å². The Kier molecular flexibility index (Phi) is 6.14. The Bertz CT molecular complexity index is 946. The molecule has 1 N–H and O–H groups in total. The molecule has 1 unspecified atom stereocenters. The van der Waals surface area contributed by atoms with Crippen molar-refractivity contribution >= 4 is 5.97 Å². The molecule has 0 amide bonds. The Morgan fingerprint density at radius 2 is 1.93 bits per heavy atom. The molecule has 3 aromatic rings. The van der Waals surface area contributed by atoms with E-state index >= 15 is 0 Å². The summed E-state index contributed by atoms with van der Waals surface area (Å²) >= 11 is 0. The zero-order valence-corrected chi connectivity index (χ0v) is 16.4. The highest BCUT2D eigenvalue weighted by Crippen LogP contribution is 2.25. The quantitative estimate of drug-likeness (QED) is 0.548. The molecule has 1 heterocycles. The van der Waals surface area contributed by atoms with Crippen LogP contribution in [0.15, 0.2) is 52.9 Å². The molecule has 2 aromatic carbocycles. The predicted octanol–water partition coefficient (Wildman–Crippen LogP) is 5.16. The number of aromatic nitrogens is 1. The Labute approximate surface area is 165 Å². The summed E-state index contributed by atoms with van der Waals surface area (Å²) in [5.41, 5.74) is 3.65. The lowest BCUT2D eigenvalue weighted by molar-refractivity contribution is -0.138. The second-order valence-corrected chi connectivity index (χ2v) is 6.92. The average molecular weight is 379 g/mol. The molecule has 146 valence electrons. The van der Waals surface area contributed by atoms with Crippen LogP contribution in [0.4, 0.5) is 0 Å². The molecule has 0 saturated heterocycles. The van der Waals surface area contributed by atoms with Gasteiger partial charge in [-0.05, 0) is 69.0 Å². The van der Waals surface area contributed by atoms with Crippen LogP contribution >= 0.6 is 0 Å². The normalized spacial score (nSPS) is 12.0. The van der Waals surface area contributed by atoms with E-state index in [2.05, 4.69) is 4.98 Å². The lowest BCUT2D eigenvalue weighted by Crippen LogP contribution is -2.09. The van der Waals surface area contributed by atoms with Crippen molar-refractivity contribution in [1.82, 2.24) is 4.98 Å². The monoisotopic (exact) mass is 379 g/mol. The topological polar surface area (TPSA) is 72.6 Å². The third-order valence-corrected chi connectivity index (χ3v) is 4.82. The molecular weight excluding hydrogens is 354 g/mol. The van der Waals surface area contributed by atoms with Gasteiger partial charge >= 0.3 is 5.97 Å². The van der Waals surface area contributed by atoms with Gasteiger partial charge in [-0.2, -0.15) is 0 Å². The Morgan fingerprint density at radius 1 is 1.18 bits per heavy atom. The standard InChI is InChI=1S/C23H25NO4/c1-15-14-19(11-12-20(15)16(2)23(25)26)27-13-7-10-21-17(3)28-22(24-21)18-8-5-4-6-9-18/h4-6,8-9,11-12,14,16H,7,10,13H2,1-3H3,(H,25,26). The van der Waals surface area contributed by atoms with E-state index in [0.29, 0.717) is 12.5 Å². The molecule has 3 rings (SSSR count). The van der Waals surface area contributed by atoms with Gasteiger partial charge in [-0.15, -0.1) is 0 Å². The van der Waals surface area contributed by atoms with E-state index in [4.69, 9.17) is 14.3 Å². The zero-order valence-electron chi connectivity index (χ0n) is 16.4. The first-order valence-corrected chi connectivity index (χ1v) is 9.43. The summed E-state index contributed by atoms with van der Waals surface area (Å²) in [4.78, 5) is 15.8. The molecular formula is C23H25NO4. The van der Waals surface area contributed by atoms with Gasteiger partial charge in [0.1, 0.15) is 11.5 Å². The highest BCUT2D eigenvalue weighted by atomic mass is 16.5. The number of benzene rings is 2. The molecule has 0 aliphatic rings. The van der Waals surface area contributed by atoms with Gasteiger partial charge in [0, 0.05) is 5.56 Å².